The van der Waals surface area contributed by atoms with E-state index in [-0.39, 0.29) is 5.91 Å². The molecule has 0 aromatic heterocycles. The number of rotatable bonds is 12. The molecule has 0 heterocycles. The molecule has 0 N–H and O–H groups in total. The third-order valence-electron chi connectivity index (χ3n) is 1.94. The molecule has 0 aliphatic rings. The Morgan fingerprint density at radius 3 is 1.95 bits per heavy atom. The molecule has 0 aliphatic heterocycles. The molecule has 0 bridgehead atoms. The molecule has 0 saturated carbocycles. The molecule has 0 fully saturated rings. The van der Waals surface area contributed by atoms with Crippen molar-refractivity contribution in [3.05, 3.63) is 11.9 Å². The predicted molar refractivity (Wildman–Crippen MR) is 77.6 cm³/mol. The lowest BCUT2D eigenvalue weighted by Gasteiger charge is -2.15. The highest BCUT2D eigenvalue weighted by Gasteiger charge is 2.18. The lowest BCUT2D eigenvalue weighted by molar-refractivity contribution is -0.0825. The van der Waals surface area contributed by atoms with Crippen molar-refractivity contribution in [2.24, 2.45) is 0 Å². The molecular formula is C12H25O5PSi. The molecule has 0 aromatic carbocycles. The van der Waals surface area contributed by atoms with E-state index >= 15 is 0 Å². The minimum atomic E-state index is -3.07. The average Bonchev–Trinajstić information content (AvgIpc) is 2.36. The summed E-state index contributed by atoms with van der Waals surface area (Å²) in [7, 11) is -2.60. The Balaban J connectivity index is 4.19. The Hall–Kier alpha value is 0.0269. The smallest absolute Gasteiger partial charge is 0.353 e. The molecule has 5 nitrogen and oxygen atoms in total. The summed E-state index contributed by atoms with van der Waals surface area (Å²) in [6.07, 6.45) is 1.82. The zero-order valence-corrected chi connectivity index (χ0v) is 14.2. The summed E-state index contributed by atoms with van der Waals surface area (Å²) >= 11 is 0. The maximum absolute atomic E-state index is 12.1. The fourth-order valence-electron chi connectivity index (χ4n) is 1.30. The van der Waals surface area contributed by atoms with Crippen LogP contribution in [0.5, 0.6) is 0 Å². The summed E-state index contributed by atoms with van der Waals surface area (Å²) in [6.45, 7) is 9.43. The van der Waals surface area contributed by atoms with Crippen molar-refractivity contribution in [2.45, 2.75) is 39.7 Å². The zero-order chi connectivity index (χ0) is 14.6. The first kappa shape index (κ1) is 19.0. The SMILES string of the molecule is CCOC(OCC)[Si]CC=CP(=O)(OCC)OCC. The minimum Gasteiger partial charge on any atom is -0.357 e. The molecule has 0 aromatic rings. The zero-order valence-electron chi connectivity index (χ0n) is 12.3. The van der Waals surface area contributed by atoms with E-state index in [0.29, 0.717) is 35.9 Å². The summed E-state index contributed by atoms with van der Waals surface area (Å²) in [5, 5.41) is 0. The van der Waals surface area contributed by atoms with Gasteiger partial charge in [-0.3, -0.25) is 4.57 Å². The van der Waals surface area contributed by atoms with Crippen LogP contribution in [0.25, 0.3) is 0 Å². The van der Waals surface area contributed by atoms with E-state index in [2.05, 4.69) is 0 Å². The van der Waals surface area contributed by atoms with E-state index in [0.717, 1.165) is 6.04 Å². The van der Waals surface area contributed by atoms with Gasteiger partial charge in [-0.15, -0.1) is 0 Å². The van der Waals surface area contributed by atoms with Crippen molar-refractivity contribution in [3.63, 3.8) is 0 Å². The Morgan fingerprint density at radius 1 is 1.00 bits per heavy atom. The van der Waals surface area contributed by atoms with E-state index in [1.165, 1.54) is 5.82 Å². The van der Waals surface area contributed by atoms with Crippen LogP contribution in [0.15, 0.2) is 11.9 Å². The second kappa shape index (κ2) is 11.8. The third kappa shape index (κ3) is 9.54. The maximum Gasteiger partial charge on any atom is 0.353 e. The molecule has 19 heavy (non-hydrogen) atoms. The Bertz CT molecular complexity index is 269. The largest absolute Gasteiger partial charge is 0.357 e. The molecule has 112 valence electrons. The number of hydrogen-bond donors (Lipinski definition) is 0. The van der Waals surface area contributed by atoms with Gasteiger partial charge in [0.05, 0.1) is 13.2 Å². The first-order valence-electron chi connectivity index (χ1n) is 6.64. The predicted octanol–water partition coefficient (Wildman–Crippen LogP) is 3.25. The van der Waals surface area contributed by atoms with Gasteiger partial charge in [-0.05, 0) is 33.7 Å². The van der Waals surface area contributed by atoms with Crippen LogP contribution in [-0.2, 0) is 23.1 Å². The van der Waals surface area contributed by atoms with Gasteiger partial charge in [-0.2, -0.15) is 0 Å². The molecule has 0 amide bonds. The van der Waals surface area contributed by atoms with Crippen LogP contribution in [0.4, 0.5) is 0 Å². The fourth-order valence-corrected chi connectivity index (χ4v) is 3.84. The monoisotopic (exact) mass is 308 g/mol. The average molecular weight is 308 g/mol. The van der Waals surface area contributed by atoms with E-state index in [1.54, 1.807) is 13.8 Å². The second-order valence-corrected chi connectivity index (χ2v) is 6.59. The maximum atomic E-state index is 12.1. The summed E-state index contributed by atoms with van der Waals surface area (Å²) in [5.74, 6) is 1.35. The van der Waals surface area contributed by atoms with Crippen LogP contribution in [0.1, 0.15) is 27.7 Å². The van der Waals surface area contributed by atoms with Crippen LogP contribution >= 0.6 is 7.60 Å². The van der Waals surface area contributed by atoms with Crippen molar-refractivity contribution >= 4 is 17.1 Å². The first-order valence-corrected chi connectivity index (χ1v) is 9.54. The minimum absolute atomic E-state index is 0.182. The van der Waals surface area contributed by atoms with Gasteiger partial charge in [0, 0.05) is 19.0 Å². The Morgan fingerprint density at radius 2 is 1.53 bits per heavy atom. The van der Waals surface area contributed by atoms with Gasteiger partial charge in [0.15, 0.2) is 0 Å². The molecule has 0 aliphatic carbocycles. The van der Waals surface area contributed by atoms with E-state index in [9.17, 15) is 4.57 Å². The fraction of sp³-hybridized carbons (Fsp3) is 0.833. The number of ether oxygens (including phenoxy) is 2. The van der Waals surface area contributed by atoms with Crippen molar-refractivity contribution in [1.82, 2.24) is 0 Å². The van der Waals surface area contributed by atoms with Crippen molar-refractivity contribution in [3.8, 4) is 0 Å². The third-order valence-corrected chi connectivity index (χ3v) is 4.89. The van der Waals surface area contributed by atoms with E-state index < -0.39 is 7.60 Å². The molecule has 7 heteroatoms. The van der Waals surface area contributed by atoms with E-state index in [1.807, 2.05) is 19.9 Å². The summed E-state index contributed by atoms with van der Waals surface area (Å²) in [6, 6.07) is 0.731. The topological polar surface area (TPSA) is 54.0 Å². The number of allylic oxidation sites excluding steroid dienone is 1. The van der Waals surface area contributed by atoms with Crippen molar-refractivity contribution < 1.29 is 23.1 Å². The molecular weight excluding hydrogens is 283 g/mol. The molecule has 0 unspecified atom stereocenters. The van der Waals surface area contributed by atoms with Crippen molar-refractivity contribution in [1.29, 1.82) is 0 Å². The highest BCUT2D eigenvalue weighted by Crippen LogP contribution is 2.49. The molecule has 2 radical (unpaired) electrons. The highest BCUT2D eigenvalue weighted by molar-refractivity contribution is 7.57. The Kier molecular flexibility index (Phi) is 11.8. The molecule has 0 spiro atoms. The lowest BCUT2D eigenvalue weighted by Crippen LogP contribution is -2.24. The van der Waals surface area contributed by atoms with Gasteiger partial charge in [-0.25, -0.2) is 0 Å². The standard InChI is InChI=1S/C12H25O5PSi/c1-5-14-12(15-6-2)19-11-9-10-18(13,16-7-3)17-8-4/h9-10,12H,5-8,11H2,1-4H3. The normalized spacial score (nSPS) is 12.7. The second-order valence-electron chi connectivity index (χ2n) is 3.41. The van der Waals surface area contributed by atoms with E-state index in [4.69, 9.17) is 18.5 Å². The quantitative estimate of drug-likeness (QED) is 0.315. The summed E-state index contributed by atoms with van der Waals surface area (Å²) < 4.78 is 33.3. The summed E-state index contributed by atoms with van der Waals surface area (Å²) in [5.41, 5.74) is 0. The van der Waals surface area contributed by atoms with Gasteiger partial charge >= 0.3 is 7.60 Å². The van der Waals surface area contributed by atoms with Gasteiger partial charge in [0.25, 0.3) is 0 Å². The lowest BCUT2D eigenvalue weighted by atomic mass is 10.8. The first-order chi connectivity index (χ1) is 9.11. The van der Waals surface area contributed by atoms with Gasteiger partial charge in [0.1, 0.15) is 15.4 Å². The molecule has 0 rings (SSSR count). The van der Waals surface area contributed by atoms with Crippen LogP contribution in [0.3, 0.4) is 0 Å². The van der Waals surface area contributed by atoms with Gasteiger partial charge < -0.3 is 18.5 Å². The molecule has 0 atom stereocenters. The van der Waals surface area contributed by atoms with Crippen LogP contribution < -0.4 is 0 Å². The van der Waals surface area contributed by atoms with Crippen LogP contribution in [-0.4, -0.2) is 41.9 Å². The van der Waals surface area contributed by atoms with Gasteiger partial charge in [-0.1, -0.05) is 6.08 Å². The number of hydrogen-bond acceptors (Lipinski definition) is 5. The molecule has 0 saturated heterocycles. The van der Waals surface area contributed by atoms with Crippen molar-refractivity contribution in [2.75, 3.05) is 26.4 Å². The summed E-state index contributed by atoms with van der Waals surface area (Å²) in [4.78, 5) is 0. The van der Waals surface area contributed by atoms with Gasteiger partial charge in [0.2, 0.25) is 0 Å². The Labute approximate surface area is 119 Å². The van der Waals surface area contributed by atoms with Crippen LogP contribution in [0.2, 0.25) is 6.04 Å². The highest BCUT2D eigenvalue weighted by atomic mass is 31.2. The van der Waals surface area contributed by atoms with Crippen LogP contribution in [0, 0.1) is 0 Å².